The molecule has 5 nitrogen and oxygen atoms in total. The van der Waals surface area contributed by atoms with Crippen molar-refractivity contribution in [1.29, 1.82) is 0 Å². The van der Waals surface area contributed by atoms with Gasteiger partial charge in [-0.25, -0.2) is 0 Å². The van der Waals surface area contributed by atoms with E-state index in [-0.39, 0.29) is 6.54 Å². The lowest BCUT2D eigenvalue weighted by Crippen LogP contribution is -2.19. The van der Waals surface area contributed by atoms with Crippen molar-refractivity contribution >= 4 is 28.8 Å². The minimum atomic E-state index is -4.38. The van der Waals surface area contributed by atoms with Crippen molar-refractivity contribution < 1.29 is 17.9 Å². The van der Waals surface area contributed by atoms with Crippen molar-refractivity contribution in [3.05, 3.63) is 71.4 Å². The van der Waals surface area contributed by atoms with Crippen molar-refractivity contribution in [3.63, 3.8) is 0 Å². The smallest absolute Gasteiger partial charge is 0.416 e. The van der Waals surface area contributed by atoms with Gasteiger partial charge in [0.05, 0.1) is 19.2 Å². The lowest BCUT2D eigenvalue weighted by Gasteiger charge is -2.10. The van der Waals surface area contributed by atoms with Gasteiger partial charge in [-0.05, 0) is 49.0 Å². The highest BCUT2D eigenvalue weighted by molar-refractivity contribution is 7.80. The molecule has 0 saturated heterocycles. The van der Waals surface area contributed by atoms with Gasteiger partial charge in [-0.15, -0.1) is 0 Å². The Kier molecular flexibility index (Phi) is 6.07. The Morgan fingerprint density at radius 3 is 2.59 bits per heavy atom. The molecule has 0 atom stereocenters. The number of nitrogens with zero attached hydrogens (tertiary/aromatic N) is 2. The molecule has 0 aliphatic heterocycles. The monoisotopic (exact) mass is 420 g/mol. The molecular formula is C20H19F3N4OS. The molecule has 0 radical (unpaired) electrons. The van der Waals surface area contributed by atoms with Crippen molar-refractivity contribution in [1.82, 2.24) is 9.78 Å². The third kappa shape index (κ3) is 5.47. The summed E-state index contributed by atoms with van der Waals surface area (Å²) in [7, 11) is 1.58. The molecule has 0 bridgehead atoms. The van der Waals surface area contributed by atoms with Gasteiger partial charge in [-0.2, -0.15) is 18.3 Å². The average Bonchev–Trinajstić information content (AvgIpc) is 3.00. The number of thiocarbonyl (C=S) groups is 1. The Hall–Kier alpha value is -3.07. The molecule has 2 aromatic carbocycles. The van der Waals surface area contributed by atoms with E-state index in [1.165, 1.54) is 6.07 Å². The van der Waals surface area contributed by atoms with E-state index in [1.54, 1.807) is 30.0 Å². The second kappa shape index (κ2) is 8.52. The first-order chi connectivity index (χ1) is 13.7. The number of aromatic nitrogens is 2. The van der Waals surface area contributed by atoms with Crippen molar-refractivity contribution in [2.45, 2.75) is 19.6 Å². The van der Waals surface area contributed by atoms with Crippen molar-refractivity contribution in [2.75, 3.05) is 17.7 Å². The Labute approximate surface area is 171 Å². The van der Waals surface area contributed by atoms with Crippen molar-refractivity contribution in [2.24, 2.45) is 0 Å². The van der Waals surface area contributed by atoms with Crippen LogP contribution in [-0.4, -0.2) is 22.0 Å². The highest BCUT2D eigenvalue weighted by Gasteiger charge is 2.30. The van der Waals surface area contributed by atoms with Gasteiger partial charge in [-0.3, -0.25) is 4.68 Å². The van der Waals surface area contributed by atoms with Crippen LogP contribution < -0.4 is 15.4 Å². The Balaban J connectivity index is 1.68. The molecule has 0 unspecified atom stereocenters. The third-order valence-electron chi connectivity index (χ3n) is 4.14. The molecule has 1 aromatic heterocycles. The summed E-state index contributed by atoms with van der Waals surface area (Å²) in [5, 5.41) is 10.7. The van der Waals surface area contributed by atoms with Crippen LogP contribution in [0.2, 0.25) is 0 Å². The molecule has 0 aliphatic carbocycles. The molecule has 29 heavy (non-hydrogen) atoms. The highest BCUT2D eigenvalue weighted by Crippen LogP contribution is 2.29. The fourth-order valence-electron chi connectivity index (χ4n) is 2.73. The lowest BCUT2D eigenvalue weighted by atomic mass is 10.1. The SMILES string of the molecule is COc1cccc(NC(=S)Nc2cc(C)n(Cc3cccc(C(F)(F)F)c3)n2)c1. The topological polar surface area (TPSA) is 51.1 Å². The van der Waals surface area contributed by atoms with Gasteiger partial charge in [-0.1, -0.05) is 18.2 Å². The molecule has 0 amide bonds. The van der Waals surface area contributed by atoms with Gasteiger partial charge in [0.15, 0.2) is 10.9 Å². The normalized spacial score (nSPS) is 11.2. The standard InChI is InChI=1S/C20H19F3N4OS/c1-13-9-18(25-19(29)24-16-7-4-8-17(11-16)28-2)26-27(13)12-14-5-3-6-15(10-14)20(21,22)23/h3-11H,12H2,1-2H3,(H2,24,25,26,29). The summed E-state index contributed by atoms with van der Waals surface area (Å²) in [6.45, 7) is 2.04. The Bertz CT molecular complexity index is 1020. The highest BCUT2D eigenvalue weighted by atomic mass is 32.1. The molecule has 2 N–H and O–H groups in total. The predicted molar refractivity (Wildman–Crippen MR) is 110 cm³/mol. The van der Waals surface area contributed by atoms with Crippen LogP contribution in [0.15, 0.2) is 54.6 Å². The third-order valence-corrected chi connectivity index (χ3v) is 4.34. The second-order valence-electron chi connectivity index (χ2n) is 6.34. The average molecular weight is 420 g/mol. The fraction of sp³-hybridized carbons (Fsp3) is 0.200. The number of aryl methyl sites for hydroxylation is 1. The summed E-state index contributed by atoms with van der Waals surface area (Å²) >= 11 is 5.30. The summed E-state index contributed by atoms with van der Waals surface area (Å²) in [5.74, 6) is 1.19. The van der Waals surface area contributed by atoms with Crippen LogP contribution in [0.4, 0.5) is 24.7 Å². The summed E-state index contributed by atoms with van der Waals surface area (Å²) < 4.78 is 45.5. The van der Waals surface area contributed by atoms with Crippen LogP contribution in [0.25, 0.3) is 0 Å². The van der Waals surface area contributed by atoms with E-state index in [1.807, 2.05) is 25.1 Å². The van der Waals surface area contributed by atoms with Gasteiger partial charge < -0.3 is 15.4 Å². The molecule has 0 fully saturated rings. The van der Waals surface area contributed by atoms with E-state index in [0.29, 0.717) is 22.2 Å². The number of nitrogens with one attached hydrogen (secondary N) is 2. The fourth-order valence-corrected chi connectivity index (χ4v) is 2.95. The Morgan fingerprint density at radius 2 is 1.86 bits per heavy atom. The van der Waals surface area contributed by atoms with Crippen LogP contribution in [0, 0.1) is 6.92 Å². The summed E-state index contributed by atoms with van der Waals surface area (Å²) in [6, 6.07) is 14.3. The molecule has 0 aliphatic rings. The largest absolute Gasteiger partial charge is 0.497 e. The van der Waals surface area contributed by atoms with E-state index >= 15 is 0 Å². The van der Waals surface area contributed by atoms with E-state index in [9.17, 15) is 13.2 Å². The quantitative estimate of drug-likeness (QED) is 0.564. The van der Waals surface area contributed by atoms with E-state index in [0.717, 1.165) is 23.5 Å². The summed E-state index contributed by atoms with van der Waals surface area (Å²) in [5.41, 5.74) is 1.37. The Morgan fingerprint density at radius 1 is 1.10 bits per heavy atom. The number of hydrogen-bond acceptors (Lipinski definition) is 3. The van der Waals surface area contributed by atoms with E-state index in [2.05, 4.69) is 15.7 Å². The van der Waals surface area contributed by atoms with E-state index in [4.69, 9.17) is 17.0 Å². The molecule has 0 spiro atoms. The predicted octanol–water partition coefficient (Wildman–Crippen LogP) is 5.08. The van der Waals surface area contributed by atoms with Gasteiger partial charge in [0, 0.05) is 23.5 Å². The maximum Gasteiger partial charge on any atom is 0.416 e. The minimum Gasteiger partial charge on any atom is -0.497 e. The molecule has 3 aromatic rings. The number of alkyl halides is 3. The number of rotatable bonds is 5. The van der Waals surface area contributed by atoms with Gasteiger partial charge >= 0.3 is 6.18 Å². The molecule has 9 heteroatoms. The molecular weight excluding hydrogens is 401 g/mol. The minimum absolute atomic E-state index is 0.216. The zero-order valence-electron chi connectivity index (χ0n) is 15.7. The van der Waals surface area contributed by atoms with Crippen LogP contribution >= 0.6 is 12.2 Å². The first kappa shape index (κ1) is 20.7. The molecule has 3 rings (SSSR count). The zero-order chi connectivity index (χ0) is 21.0. The maximum absolute atomic E-state index is 12.9. The van der Waals surface area contributed by atoms with E-state index < -0.39 is 11.7 Å². The molecule has 0 saturated carbocycles. The first-order valence-corrected chi connectivity index (χ1v) is 9.08. The number of ether oxygens (including phenoxy) is 1. The number of methoxy groups -OCH3 is 1. The van der Waals surface area contributed by atoms with Crippen molar-refractivity contribution in [3.8, 4) is 5.75 Å². The zero-order valence-corrected chi connectivity index (χ0v) is 16.6. The number of benzene rings is 2. The van der Waals surface area contributed by atoms with Crippen LogP contribution in [0.3, 0.4) is 0 Å². The first-order valence-electron chi connectivity index (χ1n) is 8.67. The van der Waals surface area contributed by atoms with Crippen LogP contribution in [0.5, 0.6) is 5.75 Å². The number of anilines is 2. The van der Waals surface area contributed by atoms with Gasteiger partial charge in [0.25, 0.3) is 0 Å². The van der Waals surface area contributed by atoms with Crippen LogP contribution in [-0.2, 0) is 12.7 Å². The van der Waals surface area contributed by atoms with Crippen LogP contribution in [0.1, 0.15) is 16.8 Å². The number of hydrogen-bond donors (Lipinski definition) is 2. The molecule has 152 valence electrons. The van der Waals surface area contributed by atoms with Gasteiger partial charge in [0.2, 0.25) is 0 Å². The number of halogens is 3. The maximum atomic E-state index is 12.9. The van der Waals surface area contributed by atoms with Gasteiger partial charge in [0.1, 0.15) is 5.75 Å². The molecule has 1 heterocycles. The lowest BCUT2D eigenvalue weighted by molar-refractivity contribution is -0.137. The second-order valence-corrected chi connectivity index (χ2v) is 6.75. The summed E-state index contributed by atoms with van der Waals surface area (Å²) in [4.78, 5) is 0. The summed E-state index contributed by atoms with van der Waals surface area (Å²) in [6.07, 6.45) is -4.38.